The molecule has 7 heteroatoms. The Morgan fingerprint density at radius 2 is 2.41 bits per heavy atom. The fourth-order valence-corrected chi connectivity index (χ4v) is 2.12. The van der Waals surface area contributed by atoms with E-state index in [-0.39, 0.29) is 11.7 Å². The number of anilines is 2. The maximum absolute atomic E-state index is 11.0. The molecule has 0 spiro atoms. The smallest absolute Gasteiger partial charge is 0.311 e. The largest absolute Gasteiger partial charge is 0.348 e. The van der Waals surface area contributed by atoms with Gasteiger partial charge in [-0.1, -0.05) is 0 Å². The van der Waals surface area contributed by atoms with Crippen LogP contribution in [-0.2, 0) is 0 Å². The number of nitrogen functional groups attached to an aromatic ring is 1. The minimum Gasteiger partial charge on any atom is -0.348 e. The van der Waals surface area contributed by atoms with Crippen molar-refractivity contribution >= 4 is 17.3 Å². The van der Waals surface area contributed by atoms with Gasteiger partial charge in [-0.2, -0.15) is 0 Å². The van der Waals surface area contributed by atoms with E-state index in [1.54, 1.807) is 0 Å². The van der Waals surface area contributed by atoms with Crippen LogP contribution in [0.15, 0.2) is 12.1 Å². The van der Waals surface area contributed by atoms with Gasteiger partial charge in [0.1, 0.15) is 5.82 Å². The highest BCUT2D eigenvalue weighted by Gasteiger charge is 2.28. The van der Waals surface area contributed by atoms with Crippen LogP contribution in [0.2, 0.25) is 0 Å². The number of hydrogen-bond acceptors (Lipinski definition) is 6. The van der Waals surface area contributed by atoms with Crippen molar-refractivity contribution in [1.29, 1.82) is 0 Å². The number of hydrazine groups is 1. The first kappa shape index (κ1) is 11.6. The van der Waals surface area contributed by atoms with Crippen LogP contribution in [0.25, 0.3) is 0 Å². The highest BCUT2D eigenvalue weighted by atomic mass is 16.6. The molecule has 7 nitrogen and oxygen atoms in total. The monoisotopic (exact) mass is 237 g/mol. The molecular formula is C10H15N5O2. The van der Waals surface area contributed by atoms with E-state index in [2.05, 4.69) is 10.4 Å². The Kier molecular flexibility index (Phi) is 3.10. The predicted octanol–water partition coefficient (Wildman–Crippen LogP) is 1.26. The number of nitrogens with one attached hydrogen (secondary N) is 1. The van der Waals surface area contributed by atoms with Gasteiger partial charge in [0, 0.05) is 18.7 Å². The van der Waals surface area contributed by atoms with Crippen molar-refractivity contribution < 1.29 is 4.92 Å². The molecule has 0 saturated carbocycles. The van der Waals surface area contributed by atoms with E-state index in [0.717, 1.165) is 19.4 Å². The topological polar surface area (TPSA) is 97.3 Å². The van der Waals surface area contributed by atoms with Crippen LogP contribution in [-0.4, -0.2) is 22.5 Å². The first-order chi connectivity index (χ1) is 8.13. The first-order valence-electron chi connectivity index (χ1n) is 5.52. The van der Waals surface area contributed by atoms with Gasteiger partial charge in [-0.25, -0.2) is 10.8 Å². The highest BCUT2D eigenvalue weighted by Crippen LogP contribution is 2.32. The molecule has 1 atom stereocenters. The second-order valence-corrected chi connectivity index (χ2v) is 4.13. The fraction of sp³-hybridized carbons (Fsp3) is 0.500. The van der Waals surface area contributed by atoms with Gasteiger partial charge in [-0.3, -0.25) is 10.1 Å². The molecule has 1 fully saturated rings. The van der Waals surface area contributed by atoms with Crippen LogP contribution in [0.3, 0.4) is 0 Å². The number of nitrogens with two attached hydrogens (primary N) is 1. The molecule has 2 rings (SSSR count). The second-order valence-electron chi connectivity index (χ2n) is 4.13. The molecule has 1 aromatic rings. The summed E-state index contributed by atoms with van der Waals surface area (Å²) in [5, 5.41) is 11.0. The molecule has 1 aliphatic rings. The van der Waals surface area contributed by atoms with Crippen molar-refractivity contribution in [2.24, 2.45) is 5.84 Å². The van der Waals surface area contributed by atoms with Crippen LogP contribution in [0, 0.1) is 10.1 Å². The van der Waals surface area contributed by atoms with Crippen LogP contribution in [0.5, 0.6) is 0 Å². The minimum atomic E-state index is -0.409. The van der Waals surface area contributed by atoms with Crippen LogP contribution in [0.1, 0.15) is 19.8 Å². The van der Waals surface area contributed by atoms with E-state index in [1.165, 1.54) is 12.1 Å². The van der Waals surface area contributed by atoms with E-state index < -0.39 is 4.92 Å². The van der Waals surface area contributed by atoms with E-state index in [1.807, 2.05) is 11.8 Å². The molecule has 17 heavy (non-hydrogen) atoms. The molecule has 2 heterocycles. The van der Waals surface area contributed by atoms with Gasteiger partial charge >= 0.3 is 5.69 Å². The lowest BCUT2D eigenvalue weighted by Crippen LogP contribution is -2.28. The van der Waals surface area contributed by atoms with Crippen molar-refractivity contribution in [1.82, 2.24) is 4.98 Å². The number of aromatic nitrogens is 1. The summed E-state index contributed by atoms with van der Waals surface area (Å²) in [6.07, 6.45) is 2.05. The molecule has 92 valence electrons. The predicted molar refractivity (Wildman–Crippen MR) is 64.7 cm³/mol. The number of hydrogen-bond donors (Lipinski definition) is 2. The van der Waals surface area contributed by atoms with Crippen LogP contribution >= 0.6 is 0 Å². The molecule has 0 radical (unpaired) electrons. The van der Waals surface area contributed by atoms with Gasteiger partial charge in [-0.05, 0) is 25.8 Å². The maximum atomic E-state index is 11.0. The first-order valence-corrected chi connectivity index (χ1v) is 5.52. The van der Waals surface area contributed by atoms with E-state index in [0.29, 0.717) is 11.6 Å². The van der Waals surface area contributed by atoms with Crippen molar-refractivity contribution in [3.05, 3.63) is 22.2 Å². The zero-order chi connectivity index (χ0) is 12.4. The summed E-state index contributed by atoms with van der Waals surface area (Å²) in [7, 11) is 0. The maximum Gasteiger partial charge on any atom is 0.311 e. The Morgan fingerprint density at radius 3 is 2.94 bits per heavy atom. The Labute approximate surface area is 98.7 Å². The lowest BCUT2D eigenvalue weighted by atomic mass is 10.2. The Morgan fingerprint density at radius 1 is 1.65 bits per heavy atom. The summed E-state index contributed by atoms with van der Waals surface area (Å²) in [5.74, 6) is 6.11. The summed E-state index contributed by atoms with van der Waals surface area (Å²) >= 11 is 0. The number of nitro groups is 1. The van der Waals surface area contributed by atoms with Crippen molar-refractivity contribution in [2.45, 2.75) is 25.8 Å². The summed E-state index contributed by atoms with van der Waals surface area (Å²) in [6, 6.07) is 3.21. The van der Waals surface area contributed by atoms with E-state index in [9.17, 15) is 10.1 Å². The molecular weight excluding hydrogens is 222 g/mol. The minimum absolute atomic E-state index is 0.0257. The standard InChI is InChI=1S/C10H15N5O2/c1-7-3-2-6-14(7)10-8(15(16)17)4-5-9(12-10)13-11/h4-5,7H,2-3,6,11H2,1H3,(H,12,13). The van der Waals surface area contributed by atoms with Gasteiger partial charge in [-0.15, -0.1) is 0 Å². The average Bonchev–Trinajstić information content (AvgIpc) is 2.74. The third-order valence-electron chi connectivity index (χ3n) is 3.02. The molecule has 0 aromatic carbocycles. The van der Waals surface area contributed by atoms with Gasteiger partial charge in [0.25, 0.3) is 0 Å². The Balaban J connectivity index is 2.44. The highest BCUT2D eigenvalue weighted by molar-refractivity contribution is 5.62. The molecule has 1 saturated heterocycles. The third kappa shape index (κ3) is 2.14. The quantitative estimate of drug-likeness (QED) is 0.466. The lowest BCUT2D eigenvalue weighted by Gasteiger charge is -2.22. The average molecular weight is 237 g/mol. The second kappa shape index (κ2) is 4.54. The SMILES string of the molecule is CC1CCCN1c1nc(NN)ccc1[N+](=O)[O-]. The molecule has 1 unspecified atom stereocenters. The van der Waals surface area contributed by atoms with E-state index in [4.69, 9.17) is 5.84 Å². The Bertz CT molecular complexity index is 437. The van der Waals surface area contributed by atoms with Gasteiger partial charge in [0.05, 0.1) is 4.92 Å². The van der Waals surface area contributed by atoms with Crippen LogP contribution in [0.4, 0.5) is 17.3 Å². The molecule has 0 bridgehead atoms. The number of nitrogens with zero attached hydrogens (tertiary/aromatic N) is 3. The summed E-state index contributed by atoms with van der Waals surface area (Å²) in [6.45, 7) is 2.84. The zero-order valence-electron chi connectivity index (χ0n) is 9.59. The van der Waals surface area contributed by atoms with Crippen molar-refractivity contribution in [3.63, 3.8) is 0 Å². The molecule has 1 aromatic heterocycles. The molecule has 0 aliphatic carbocycles. The van der Waals surface area contributed by atoms with Crippen molar-refractivity contribution in [2.75, 3.05) is 16.9 Å². The molecule has 3 N–H and O–H groups in total. The van der Waals surface area contributed by atoms with E-state index >= 15 is 0 Å². The van der Waals surface area contributed by atoms with Crippen molar-refractivity contribution in [3.8, 4) is 0 Å². The molecule has 0 amide bonds. The summed E-state index contributed by atoms with van der Waals surface area (Å²) < 4.78 is 0. The summed E-state index contributed by atoms with van der Waals surface area (Å²) in [5.41, 5.74) is 2.44. The fourth-order valence-electron chi connectivity index (χ4n) is 2.12. The third-order valence-corrected chi connectivity index (χ3v) is 3.02. The lowest BCUT2D eigenvalue weighted by molar-refractivity contribution is -0.384. The number of rotatable bonds is 3. The summed E-state index contributed by atoms with van der Waals surface area (Å²) in [4.78, 5) is 16.7. The van der Waals surface area contributed by atoms with Gasteiger partial charge < -0.3 is 10.3 Å². The molecule has 1 aliphatic heterocycles. The van der Waals surface area contributed by atoms with Gasteiger partial charge in [0.15, 0.2) is 0 Å². The normalized spacial score (nSPS) is 19.4. The number of pyridine rings is 1. The Hall–Kier alpha value is -1.89. The van der Waals surface area contributed by atoms with Crippen LogP contribution < -0.4 is 16.2 Å². The van der Waals surface area contributed by atoms with Gasteiger partial charge in [0.2, 0.25) is 5.82 Å². The zero-order valence-corrected chi connectivity index (χ0v) is 9.59.